The molecular weight excluding hydrogens is 206 g/mol. The highest BCUT2D eigenvalue weighted by Crippen LogP contribution is 2.21. The molecule has 0 fully saturated rings. The molecule has 0 aromatic heterocycles. The van der Waals surface area contributed by atoms with Crippen LogP contribution in [0.5, 0.6) is 0 Å². The Morgan fingerprint density at radius 1 is 1.18 bits per heavy atom. The van der Waals surface area contributed by atoms with Crippen molar-refractivity contribution in [2.24, 2.45) is 5.92 Å². The lowest BCUT2D eigenvalue weighted by Gasteiger charge is -2.20. The summed E-state index contributed by atoms with van der Waals surface area (Å²) in [5.41, 5.74) is 4.21. The van der Waals surface area contributed by atoms with Crippen molar-refractivity contribution in [1.82, 2.24) is 5.32 Å². The monoisotopic (exact) mass is 237 g/mol. The molecule has 17 heavy (non-hydrogen) atoms. The molecule has 1 nitrogen and oxygen atoms in total. The predicted octanol–water partition coefficient (Wildman–Crippen LogP) is 5.05. The lowest BCUT2D eigenvalue weighted by molar-refractivity contribution is 0.513. The molecule has 0 saturated carbocycles. The molecule has 0 aromatic rings. The highest BCUT2D eigenvalue weighted by Gasteiger charge is 2.09. The first kappa shape index (κ1) is 16.3. The fourth-order valence-corrected chi connectivity index (χ4v) is 1.87. The number of nitrogens with one attached hydrogen (secondary N) is 1. The van der Waals surface area contributed by atoms with E-state index in [2.05, 4.69) is 59.9 Å². The molecule has 0 aliphatic heterocycles. The van der Waals surface area contributed by atoms with E-state index in [1.165, 1.54) is 36.1 Å². The molecule has 0 rings (SSSR count). The Labute approximate surface area is 108 Å². The minimum atomic E-state index is 0.499. The third-order valence-electron chi connectivity index (χ3n) is 3.21. The maximum Gasteiger partial charge on any atom is 0.0357 e. The van der Waals surface area contributed by atoms with Crippen LogP contribution in [0.1, 0.15) is 67.7 Å². The Kier molecular flexibility index (Phi) is 8.03. The number of hydrogen-bond acceptors (Lipinski definition) is 1. The molecule has 0 aliphatic carbocycles. The van der Waals surface area contributed by atoms with Crippen LogP contribution in [0.25, 0.3) is 0 Å². The van der Waals surface area contributed by atoms with Crippen LogP contribution in [-0.4, -0.2) is 6.04 Å². The molecule has 0 heterocycles. The van der Waals surface area contributed by atoms with E-state index in [1.807, 2.05) is 0 Å². The number of allylic oxidation sites excluding steroid dienone is 3. The average molecular weight is 237 g/mol. The molecule has 1 atom stereocenters. The molecule has 0 aromatic carbocycles. The topological polar surface area (TPSA) is 12.0 Å². The minimum Gasteiger partial charge on any atom is -0.383 e. The number of hydrogen-bond donors (Lipinski definition) is 1. The summed E-state index contributed by atoms with van der Waals surface area (Å²) in [5, 5.41) is 3.58. The third kappa shape index (κ3) is 6.55. The van der Waals surface area contributed by atoms with Gasteiger partial charge in [-0.1, -0.05) is 31.9 Å². The molecule has 0 radical (unpaired) electrons. The largest absolute Gasteiger partial charge is 0.383 e. The van der Waals surface area contributed by atoms with Crippen LogP contribution in [0, 0.1) is 5.92 Å². The third-order valence-corrected chi connectivity index (χ3v) is 3.21. The van der Waals surface area contributed by atoms with Crippen molar-refractivity contribution >= 4 is 0 Å². The van der Waals surface area contributed by atoms with Crippen molar-refractivity contribution < 1.29 is 0 Å². The molecular formula is C16H31N. The van der Waals surface area contributed by atoms with E-state index in [0.29, 0.717) is 6.04 Å². The summed E-state index contributed by atoms with van der Waals surface area (Å²) in [4.78, 5) is 0. The van der Waals surface area contributed by atoms with Gasteiger partial charge in [0.1, 0.15) is 0 Å². The zero-order chi connectivity index (χ0) is 13.4. The van der Waals surface area contributed by atoms with Crippen LogP contribution in [0.3, 0.4) is 0 Å². The average Bonchev–Trinajstić information content (AvgIpc) is 2.27. The van der Waals surface area contributed by atoms with Gasteiger partial charge in [0, 0.05) is 11.7 Å². The van der Waals surface area contributed by atoms with Gasteiger partial charge in [0.15, 0.2) is 0 Å². The Bertz CT molecular complexity index is 267. The molecule has 0 aliphatic rings. The van der Waals surface area contributed by atoms with Gasteiger partial charge in [0.05, 0.1) is 0 Å². The SMILES string of the molecule is C/C=C(\CCC(C)CC)C(NC(C)C)=C(C)C. The van der Waals surface area contributed by atoms with Crippen LogP contribution in [0.4, 0.5) is 0 Å². The van der Waals surface area contributed by atoms with E-state index in [9.17, 15) is 0 Å². The van der Waals surface area contributed by atoms with Gasteiger partial charge in [-0.2, -0.15) is 0 Å². The van der Waals surface area contributed by atoms with E-state index in [1.54, 1.807) is 0 Å². The zero-order valence-electron chi connectivity index (χ0n) is 12.9. The van der Waals surface area contributed by atoms with Crippen LogP contribution in [0.2, 0.25) is 0 Å². The van der Waals surface area contributed by atoms with Crippen molar-refractivity contribution in [3.8, 4) is 0 Å². The van der Waals surface area contributed by atoms with Gasteiger partial charge in [0.25, 0.3) is 0 Å². The zero-order valence-corrected chi connectivity index (χ0v) is 12.9. The Morgan fingerprint density at radius 2 is 1.76 bits per heavy atom. The maximum absolute atomic E-state index is 3.58. The highest BCUT2D eigenvalue weighted by atomic mass is 14.9. The van der Waals surface area contributed by atoms with E-state index < -0.39 is 0 Å². The van der Waals surface area contributed by atoms with Gasteiger partial charge in [-0.05, 0) is 59.0 Å². The maximum atomic E-state index is 3.58. The van der Waals surface area contributed by atoms with Gasteiger partial charge in [0.2, 0.25) is 0 Å². The van der Waals surface area contributed by atoms with Gasteiger partial charge in [-0.25, -0.2) is 0 Å². The standard InChI is InChI=1S/C16H31N/c1-8-14(7)10-11-15(9-2)16(12(3)4)17-13(5)6/h9,13-14,17H,8,10-11H2,1-7H3/b15-9+. The summed E-state index contributed by atoms with van der Waals surface area (Å²) in [6.45, 7) is 15.5. The van der Waals surface area contributed by atoms with Crippen molar-refractivity contribution in [2.45, 2.75) is 73.8 Å². The Morgan fingerprint density at radius 3 is 2.12 bits per heavy atom. The van der Waals surface area contributed by atoms with Gasteiger partial charge in [-0.15, -0.1) is 0 Å². The molecule has 0 amide bonds. The fourth-order valence-electron chi connectivity index (χ4n) is 1.87. The van der Waals surface area contributed by atoms with Crippen LogP contribution in [-0.2, 0) is 0 Å². The second kappa shape index (κ2) is 8.38. The van der Waals surface area contributed by atoms with Crippen LogP contribution >= 0.6 is 0 Å². The summed E-state index contributed by atoms with van der Waals surface area (Å²) in [6.07, 6.45) is 6.01. The molecule has 1 unspecified atom stereocenters. The van der Waals surface area contributed by atoms with Gasteiger partial charge >= 0.3 is 0 Å². The Hall–Kier alpha value is -0.720. The summed E-state index contributed by atoms with van der Waals surface area (Å²) in [7, 11) is 0. The van der Waals surface area contributed by atoms with Crippen LogP contribution < -0.4 is 5.32 Å². The van der Waals surface area contributed by atoms with E-state index >= 15 is 0 Å². The van der Waals surface area contributed by atoms with Crippen LogP contribution in [0.15, 0.2) is 22.9 Å². The van der Waals surface area contributed by atoms with E-state index in [4.69, 9.17) is 0 Å². The number of rotatable bonds is 7. The molecule has 0 spiro atoms. The van der Waals surface area contributed by atoms with Gasteiger partial charge in [-0.3, -0.25) is 0 Å². The second-order valence-electron chi connectivity index (χ2n) is 5.54. The molecule has 100 valence electrons. The summed E-state index contributed by atoms with van der Waals surface area (Å²) < 4.78 is 0. The van der Waals surface area contributed by atoms with E-state index in [-0.39, 0.29) is 0 Å². The van der Waals surface area contributed by atoms with Gasteiger partial charge < -0.3 is 5.32 Å². The molecule has 0 bridgehead atoms. The molecule has 0 saturated heterocycles. The van der Waals surface area contributed by atoms with E-state index in [0.717, 1.165) is 5.92 Å². The van der Waals surface area contributed by atoms with Crippen molar-refractivity contribution in [3.05, 3.63) is 22.9 Å². The van der Waals surface area contributed by atoms with Crippen molar-refractivity contribution in [2.75, 3.05) is 0 Å². The highest BCUT2D eigenvalue weighted by molar-refractivity contribution is 5.32. The fraction of sp³-hybridized carbons (Fsp3) is 0.750. The predicted molar refractivity (Wildman–Crippen MR) is 79.1 cm³/mol. The minimum absolute atomic E-state index is 0.499. The quantitative estimate of drug-likeness (QED) is 0.611. The lowest BCUT2D eigenvalue weighted by Crippen LogP contribution is -2.24. The first-order valence-corrected chi connectivity index (χ1v) is 7.01. The normalized spacial score (nSPS) is 13.8. The first-order chi connectivity index (χ1) is 7.92. The molecule has 1 N–H and O–H groups in total. The smallest absolute Gasteiger partial charge is 0.0357 e. The van der Waals surface area contributed by atoms with Crippen molar-refractivity contribution in [3.63, 3.8) is 0 Å². The summed E-state index contributed by atoms with van der Waals surface area (Å²) in [5.74, 6) is 0.822. The second-order valence-corrected chi connectivity index (χ2v) is 5.54. The summed E-state index contributed by atoms with van der Waals surface area (Å²) >= 11 is 0. The first-order valence-electron chi connectivity index (χ1n) is 7.01. The Balaban J connectivity index is 4.67. The summed E-state index contributed by atoms with van der Waals surface area (Å²) in [6, 6.07) is 0.499. The lowest BCUT2D eigenvalue weighted by atomic mass is 9.95. The van der Waals surface area contributed by atoms with Crippen molar-refractivity contribution in [1.29, 1.82) is 0 Å². The molecule has 1 heteroatoms.